The summed E-state index contributed by atoms with van der Waals surface area (Å²) in [6, 6.07) is 0. The largest absolute Gasteiger partial charge is 0.330 e. The molecule has 0 aliphatic rings. The van der Waals surface area contributed by atoms with E-state index in [4.69, 9.17) is 5.73 Å². The summed E-state index contributed by atoms with van der Waals surface area (Å²) in [6.07, 6.45) is 6.00. The van der Waals surface area contributed by atoms with Crippen molar-refractivity contribution in [2.75, 3.05) is 6.54 Å². The topological polar surface area (TPSA) is 68.9 Å². The molecule has 0 saturated heterocycles. The molecule has 0 bridgehead atoms. The van der Waals surface area contributed by atoms with Crippen LogP contribution in [0, 0.1) is 11.8 Å². The Hall–Kier alpha value is -1.29. The summed E-state index contributed by atoms with van der Waals surface area (Å²) in [7, 11) is 0. The average molecular weight is 221 g/mol. The third kappa shape index (κ3) is 4.06. The summed E-state index contributed by atoms with van der Waals surface area (Å²) in [5.74, 6) is 0.901. The molecule has 1 aromatic rings. The Morgan fingerprint density at radius 1 is 1.38 bits per heavy atom. The van der Waals surface area contributed by atoms with Crippen molar-refractivity contribution in [3.05, 3.63) is 24.3 Å². The van der Waals surface area contributed by atoms with Crippen molar-refractivity contribution < 1.29 is 4.79 Å². The van der Waals surface area contributed by atoms with Crippen LogP contribution >= 0.6 is 0 Å². The van der Waals surface area contributed by atoms with Crippen LogP contribution in [0.4, 0.5) is 0 Å². The van der Waals surface area contributed by atoms with Crippen molar-refractivity contribution >= 4 is 5.78 Å². The molecule has 1 atom stereocenters. The van der Waals surface area contributed by atoms with Crippen LogP contribution in [0.3, 0.4) is 0 Å². The van der Waals surface area contributed by atoms with Gasteiger partial charge >= 0.3 is 0 Å². The molecule has 16 heavy (non-hydrogen) atoms. The van der Waals surface area contributed by atoms with E-state index in [0.717, 1.165) is 6.42 Å². The van der Waals surface area contributed by atoms with Gasteiger partial charge in [0, 0.05) is 18.8 Å². The first kappa shape index (κ1) is 12.8. The van der Waals surface area contributed by atoms with Gasteiger partial charge in [0.2, 0.25) is 0 Å². The number of hydrogen-bond acceptors (Lipinski definition) is 4. The number of nitrogens with two attached hydrogens (primary N) is 1. The molecule has 2 N–H and O–H groups in total. The fourth-order valence-corrected chi connectivity index (χ4v) is 1.75. The summed E-state index contributed by atoms with van der Waals surface area (Å²) in [5.41, 5.74) is 6.24. The third-order valence-corrected chi connectivity index (χ3v) is 2.49. The Kier molecular flexibility index (Phi) is 5.05. The smallest absolute Gasteiger partial charge is 0.166 e. The van der Waals surface area contributed by atoms with Gasteiger partial charge in [-0.05, 0) is 24.8 Å². The molecule has 0 amide bonds. The van der Waals surface area contributed by atoms with E-state index in [1.165, 1.54) is 6.33 Å². The third-order valence-electron chi connectivity index (χ3n) is 2.49. The van der Waals surface area contributed by atoms with E-state index in [2.05, 4.69) is 23.8 Å². The van der Waals surface area contributed by atoms with Gasteiger partial charge < -0.3 is 5.73 Å². The summed E-state index contributed by atoms with van der Waals surface area (Å²) in [6.45, 7) is 4.83. The monoisotopic (exact) mass is 221 g/mol. The van der Waals surface area contributed by atoms with Crippen LogP contribution in [0.15, 0.2) is 18.7 Å². The lowest BCUT2D eigenvalue weighted by atomic mass is 9.91. The number of aromatic nitrogens is 2. The minimum Gasteiger partial charge on any atom is -0.330 e. The summed E-state index contributed by atoms with van der Waals surface area (Å²) in [5, 5.41) is 0. The molecule has 0 saturated carbocycles. The Morgan fingerprint density at radius 2 is 2.00 bits per heavy atom. The van der Waals surface area contributed by atoms with Crippen molar-refractivity contribution in [1.29, 1.82) is 0 Å². The van der Waals surface area contributed by atoms with Crippen molar-refractivity contribution in [1.82, 2.24) is 9.97 Å². The zero-order chi connectivity index (χ0) is 12.0. The summed E-state index contributed by atoms with van der Waals surface area (Å²) >= 11 is 0. The normalized spacial score (nSPS) is 12.8. The highest BCUT2D eigenvalue weighted by molar-refractivity contribution is 5.95. The van der Waals surface area contributed by atoms with Crippen LogP contribution in [-0.2, 0) is 0 Å². The second-order valence-electron chi connectivity index (χ2n) is 4.49. The van der Waals surface area contributed by atoms with Gasteiger partial charge in [-0.1, -0.05) is 13.8 Å². The molecule has 1 heterocycles. The standard InChI is InChI=1S/C12H19N3O/c1-9(2)3-10(5-13)4-12(16)11-6-14-8-15-7-11/h6-10H,3-5,13H2,1-2H3. The predicted octanol–water partition coefficient (Wildman–Crippen LogP) is 1.67. The first-order valence-corrected chi connectivity index (χ1v) is 5.61. The molecule has 0 aromatic carbocycles. The van der Waals surface area contributed by atoms with E-state index < -0.39 is 0 Å². The number of carbonyl (C=O) groups is 1. The molecule has 4 heteroatoms. The van der Waals surface area contributed by atoms with Gasteiger partial charge in [0.1, 0.15) is 6.33 Å². The second kappa shape index (κ2) is 6.33. The highest BCUT2D eigenvalue weighted by Crippen LogP contribution is 2.16. The van der Waals surface area contributed by atoms with Crippen molar-refractivity contribution in [2.24, 2.45) is 17.6 Å². The number of rotatable bonds is 6. The number of nitrogens with zero attached hydrogens (tertiary/aromatic N) is 2. The van der Waals surface area contributed by atoms with Gasteiger partial charge in [-0.2, -0.15) is 0 Å². The van der Waals surface area contributed by atoms with Gasteiger partial charge in [0.15, 0.2) is 5.78 Å². The molecule has 1 aromatic heterocycles. The van der Waals surface area contributed by atoms with E-state index in [9.17, 15) is 4.79 Å². The molecule has 4 nitrogen and oxygen atoms in total. The van der Waals surface area contributed by atoms with E-state index in [1.54, 1.807) is 12.4 Å². The fraction of sp³-hybridized carbons (Fsp3) is 0.583. The molecule has 0 fully saturated rings. The maximum absolute atomic E-state index is 11.9. The first-order chi connectivity index (χ1) is 7.63. The Bertz CT molecular complexity index is 324. The molecular weight excluding hydrogens is 202 g/mol. The number of ketones is 1. The number of carbonyl (C=O) groups excluding carboxylic acids is 1. The highest BCUT2D eigenvalue weighted by atomic mass is 16.1. The van der Waals surface area contributed by atoms with Crippen LogP contribution < -0.4 is 5.73 Å². The Labute approximate surface area is 96.3 Å². The van der Waals surface area contributed by atoms with E-state index in [1.807, 2.05) is 0 Å². The van der Waals surface area contributed by atoms with Crippen LogP contribution in [0.5, 0.6) is 0 Å². The number of hydrogen-bond donors (Lipinski definition) is 1. The van der Waals surface area contributed by atoms with Crippen molar-refractivity contribution in [2.45, 2.75) is 26.7 Å². The van der Waals surface area contributed by atoms with E-state index in [-0.39, 0.29) is 11.7 Å². The minimum absolute atomic E-state index is 0.0803. The summed E-state index contributed by atoms with van der Waals surface area (Å²) in [4.78, 5) is 19.5. The SMILES string of the molecule is CC(C)CC(CN)CC(=O)c1cncnc1. The highest BCUT2D eigenvalue weighted by Gasteiger charge is 2.15. The molecule has 0 radical (unpaired) electrons. The number of Topliss-reactive ketones (excluding diaryl/α,β-unsaturated/α-hetero) is 1. The minimum atomic E-state index is 0.0803. The van der Waals surface area contributed by atoms with Crippen LogP contribution in [0.1, 0.15) is 37.0 Å². The van der Waals surface area contributed by atoms with Crippen LogP contribution in [-0.4, -0.2) is 22.3 Å². The lowest BCUT2D eigenvalue weighted by Gasteiger charge is -2.15. The quantitative estimate of drug-likeness (QED) is 0.742. The maximum Gasteiger partial charge on any atom is 0.166 e. The summed E-state index contributed by atoms with van der Waals surface area (Å²) < 4.78 is 0. The average Bonchev–Trinajstić information content (AvgIpc) is 2.28. The van der Waals surface area contributed by atoms with Crippen molar-refractivity contribution in [3.8, 4) is 0 Å². The molecule has 0 aliphatic carbocycles. The zero-order valence-electron chi connectivity index (χ0n) is 9.89. The maximum atomic E-state index is 11.9. The second-order valence-corrected chi connectivity index (χ2v) is 4.49. The molecule has 1 rings (SSSR count). The van der Waals surface area contributed by atoms with Crippen molar-refractivity contribution in [3.63, 3.8) is 0 Å². The molecular formula is C12H19N3O. The lowest BCUT2D eigenvalue weighted by Crippen LogP contribution is -2.20. The predicted molar refractivity (Wildman–Crippen MR) is 63.0 cm³/mol. The molecule has 0 spiro atoms. The molecule has 0 aliphatic heterocycles. The van der Waals surface area contributed by atoms with Gasteiger partial charge in [0.25, 0.3) is 0 Å². The van der Waals surface area contributed by atoms with Gasteiger partial charge in [-0.15, -0.1) is 0 Å². The van der Waals surface area contributed by atoms with E-state index in [0.29, 0.717) is 24.4 Å². The van der Waals surface area contributed by atoms with Gasteiger partial charge in [-0.3, -0.25) is 4.79 Å². The van der Waals surface area contributed by atoms with Crippen LogP contribution in [0.25, 0.3) is 0 Å². The Balaban J connectivity index is 2.56. The molecule has 1 unspecified atom stereocenters. The van der Waals surface area contributed by atoms with E-state index >= 15 is 0 Å². The van der Waals surface area contributed by atoms with Gasteiger partial charge in [-0.25, -0.2) is 9.97 Å². The van der Waals surface area contributed by atoms with Crippen LogP contribution in [0.2, 0.25) is 0 Å². The first-order valence-electron chi connectivity index (χ1n) is 5.61. The fourth-order valence-electron chi connectivity index (χ4n) is 1.75. The lowest BCUT2D eigenvalue weighted by molar-refractivity contribution is 0.0956. The van der Waals surface area contributed by atoms with Gasteiger partial charge in [0.05, 0.1) is 5.56 Å². The molecule has 88 valence electrons. The zero-order valence-corrected chi connectivity index (χ0v) is 9.89. The Morgan fingerprint density at radius 3 is 2.50 bits per heavy atom.